The number of hydrogen-bond acceptors (Lipinski definition) is 4. The summed E-state index contributed by atoms with van der Waals surface area (Å²) in [6, 6.07) is 0. The molecule has 0 amide bonds. The van der Waals surface area contributed by atoms with Gasteiger partial charge in [-0.2, -0.15) is 0 Å². The van der Waals surface area contributed by atoms with Crippen molar-refractivity contribution in [1.29, 1.82) is 0 Å². The first-order chi connectivity index (χ1) is 9.83. The minimum absolute atomic E-state index is 0.0367. The molecule has 1 aliphatic carbocycles. The molecule has 1 aliphatic rings. The van der Waals surface area contributed by atoms with Gasteiger partial charge in [-0.05, 0) is 52.9 Å². The maximum Gasteiger partial charge on any atom is 0.309 e. The van der Waals surface area contributed by atoms with E-state index >= 15 is 0 Å². The summed E-state index contributed by atoms with van der Waals surface area (Å²) in [5, 5.41) is 0. The topological polar surface area (TPSA) is 52.6 Å². The molecule has 0 radical (unpaired) electrons. The molecule has 4 heteroatoms. The Hall–Kier alpha value is -1.06. The minimum atomic E-state index is -0.438. The van der Waals surface area contributed by atoms with E-state index in [1.807, 2.05) is 20.8 Å². The molecule has 1 fully saturated rings. The molecule has 4 nitrogen and oxygen atoms in total. The Morgan fingerprint density at radius 2 is 1.48 bits per heavy atom. The molecular formula is C17H30O4. The lowest BCUT2D eigenvalue weighted by molar-refractivity contribution is -0.163. The maximum atomic E-state index is 12.0. The standard InChI is InChI=1S/C17H30O4/c1-5-6-7-12-20-15(18)13-8-10-14(11-9-13)16(19)21-17(2,3)4/h13-14H,5-12H2,1-4H3. The van der Waals surface area contributed by atoms with Gasteiger partial charge in [-0.15, -0.1) is 0 Å². The van der Waals surface area contributed by atoms with Gasteiger partial charge in [0.1, 0.15) is 5.60 Å². The number of ether oxygens (including phenoxy) is 2. The minimum Gasteiger partial charge on any atom is -0.465 e. The van der Waals surface area contributed by atoms with E-state index in [1.54, 1.807) is 0 Å². The van der Waals surface area contributed by atoms with E-state index in [-0.39, 0.29) is 23.8 Å². The molecule has 0 unspecified atom stereocenters. The summed E-state index contributed by atoms with van der Waals surface area (Å²) in [7, 11) is 0. The number of unbranched alkanes of at least 4 members (excludes halogenated alkanes) is 2. The van der Waals surface area contributed by atoms with Gasteiger partial charge >= 0.3 is 11.9 Å². The maximum absolute atomic E-state index is 12.0. The lowest BCUT2D eigenvalue weighted by Gasteiger charge is -2.28. The molecule has 0 spiro atoms. The van der Waals surface area contributed by atoms with Crippen molar-refractivity contribution in [2.45, 2.75) is 78.2 Å². The van der Waals surface area contributed by atoms with Crippen LogP contribution in [0, 0.1) is 11.8 Å². The SMILES string of the molecule is CCCCCOC(=O)C1CCC(C(=O)OC(C)(C)C)CC1. The van der Waals surface area contributed by atoms with E-state index in [1.165, 1.54) is 0 Å². The van der Waals surface area contributed by atoms with Crippen LogP contribution in [-0.4, -0.2) is 24.1 Å². The van der Waals surface area contributed by atoms with Gasteiger partial charge in [0.25, 0.3) is 0 Å². The third-order valence-corrected chi connectivity index (χ3v) is 3.79. The molecule has 0 aromatic heterocycles. The molecule has 0 aromatic rings. The number of hydrogen-bond donors (Lipinski definition) is 0. The lowest BCUT2D eigenvalue weighted by Crippen LogP contribution is -2.32. The molecule has 21 heavy (non-hydrogen) atoms. The molecule has 0 aliphatic heterocycles. The summed E-state index contributed by atoms with van der Waals surface area (Å²) < 4.78 is 10.7. The van der Waals surface area contributed by atoms with Crippen LogP contribution in [0.1, 0.15) is 72.6 Å². The van der Waals surface area contributed by atoms with Crippen LogP contribution < -0.4 is 0 Å². The van der Waals surface area contributed by atoms with Crippen LogP contribution in [0.25, 0.3) is 0 Å². The lowest BCUT2D eigenvalue weighted by atomic mass is 9.82. The van der Waals surface area contributed by atoms with Crippen molar-refractivity contribution in [1.82, 2.24) is 0 Å². The molecule has 122 valence electrons. The third kappa shape index (κ3) is 6.96. The zero-order chi connectivity index (χ0) is 15.9. The molecule has 1 rings (SSSR count). The molecule has 0 aromatic carbocycles. The fourth-order valence-corrected chi connectivity index (χ4v) is 2.59. The van der Waals surface area contributed by atoms with Crippen molar-refractivity contribution in [3.8, 4) is 0 Å². The Morgan fingerprint density at radius 1 is 0.952 bits per heavy atom. The Balaban J connectivity index is 2.28. The quantitative estimate of drug-likeness (QED) is 0.552. The molecule has 0 N–H and O–H groups in total. The Labute approximate surface area is 128 Å². The molecule has 0 bridgehead atoms. The van der Waals surface area contributed by atoms with Gasteiger partial charge in [-0.25, -0.2) is 0 Å². The van der Waals surface area contributed by atoms with Gasteiger partial charge in [-0.1, -0.05) is 19.8 Å². The summed E-state index contributed by atoms with van der Waals surface area (Å²) in [5.74, 6) is -0.315. The predicted molar refractivity (Wildman–Crippen MR) is 81.8 cm³/mol. The highest BCUT2D eigenvalue weighted by molar-refractivity contribution is 5.75. The number of carbonyl (C=O) groups is 2. The van der Waals surface area contributed by atoms with Crippen molar-refractivity contribution < 1.29 is 19.1 Å². The number of rotatable bonds is 6. The van der Waals surface area contributed by atoms with Crippen molar-refractivity contribution in [2.75, 3.05) is 6.61 Å². The molecule has 0 saturated heterocycles. The zero-order valence-electron chi connectivity index (χ0n) is 13.9. The molecule has 1 saturated carbocycles. The van der Waals surface area contributed by atoms with E-state index in [0.717, 1.165) is 44.9 Å². The molecule has 0 atom stereocenters. The zero-order valence-corrected chi connectivity index (χ0v) is 13.9. The molecule has 0 heterocycles. The average Bonchev–Trinajstić information content (AvgIpc) is 2.41. The van der Waals surface area contributed by atoms with Crippen molar-refractivity contribution in [3.63, 3.8) is 0 Å². The largest absolute Gasteiger partial charge is 0.465 e. The van der Waals surface area contributed by atoms with Gasteiger partial charge in [-0.3, -0.25) is 9.59 Å². The first-order valence-electron chi connectivity index (χ1n) is 8.23. The predicted octanol–water partition coefficient (Wildman–Crippen LogP) is 3.87. The summed E-state index contributed by atoms with van der Waals surface area (Å²) in [5.41, 5.74) is -0.438. The first-order valence-corrected chi connectivity index (χ1v) is 8.23. The highest BCUT2D eigenvalue weighted by Crippen LogP contribution is 2.31. The first kappa shape index (κ1) is 18.0. The molecular weight excluding hydrogens is 268 g/mol. The number of esters is 2. The van der Waals surface area contributed by atoms with Gasteiger partial charge in [0.15, 0.2) is 0 Å². The van der Waals surface area contributed by atoms with E-state index < -0.39 is 5.60 Å². The van der Waals surface area contributed by atoms with Crippen molar-refractivity contribution in [3.05, 3.63) is 0 Å². The Bertz CT molecular complexity index is 335. The van der Waals surface area contributed by atoms with Gasteiger partial charge in [0, 0.05) is 0 Å². The summed E-state index contributed by atoms with van der Waals surface area (Å²) in [6.45, 7) is 8.29. The average molecular weight is 298 g/mol. The van der Waals surface area contributed by atoms with Gasteiger partial charge in [0.2, 0.25) is 0 Å². The Morgan fingerprint density at radius 3 is 1.95 bits per heavy atom. The van der Waals surface area contributed by atoms with Gasteiger partial charge in [0.05, 0.1) is 18.4 Å². The van der Waals surface area contributed by atoms with Crippen LogP contribution in [0.2, 0.25) is 0 Å². The van der Waals surface area contributed by atoms with Crippen molar-refractivity contribution >= 4 is 11.9 Å². The van der Waals surface area contributed by atoms with Crippen LogP contribution in [0.5, 0.6) is 0 Å². The van der Waals surface area contributed by atoms with Gasteiger partial charge < -0.3 is 9.47 Å². The van der Waals surface area contributed by atoms with Crippen LogP contribution >= 0.6 is 0 Å². The van der Waals surface area contributed by atoms with E-state index in [2.05, 4.69) is 6.92 Å². The van der Waals surface area contributed by atoms with E-state index in [9.17, 15) is 9.59 Å². The van der Waals surface area contributed by atoms with Crippen LogP contribution in [0.4, 0.5) is 0 Å². The summed E-state index contributed by atoms with van der Waals surface area (Å²) in [6.07, 6.45) is 6.08. The normalized spacial score (nSPS) is 22.7. The fraction of sp³-hybridized carbons (Fsp3) is 0.882. The second-order valence-corrected chi connectivity index (χ2v) is 6.96. The fourth-order valence-electron chi connectivity index (χ4n) is 2.59. The highest BCUT2D eigenvalue weighted by Gasteiger charge is 2.33. The highest BCUT2D eigenvalue weighted by atomic mass is 16.6. The number of carbonyl (C=O) groups excluding carboxylic acids is 2. The summed E-state index contributed by atoms with van der Waals surface area (Å²) in [4.78, 5) is 23.9. The Kier molecular flexibility index (Phi) is 7.20. The van der Waals surface area contributed by atoms with Crippen LogP contribution in [-0.2, 0) is 19.1 Å². The summed E-state index contributed by atoms with van der Waals surface area (Å²) >= 11 is 0. The second kappa shape index (κ2) is 8.40. The smallest absolute Gasteiger partial charge is 0.309 e. The van der Waals surface area contributed by atoms with Crippen molar-refractivity contribution in [2.24, 2.45) is 11.8 Å². The van der Waals surface area contributed by atoms with Crippen LogP contribution in [0.15, 0.2) is 0 Å². The third-order valence-electron chi connectivity index (χ3n) is 3.79. The van der Waals surface area contributed by atoms with Crippen LogP contribution in [0.3, 0.4) is 0 Å². The second-order valence-electron chi connectivity index (χ2n) is 6.96. The van der Waals surface area contributed by atoms with E-state index in [0.29, 0.717) is 6.61 Å². The monoisotopic (exact) mass is 298 g/mol. The van der Waals surface area contributed by atoms with E-state index in [4.69, 9.17) is 9.47 Å².